The number of nitrogens with one attached hydrogen (secondary N) is 1. The minimum absolute atomic E-state index is 0.00343. The molecule has 0 fully saturated rings. The smallest absolute Gasteiger partial charge is 0.228 e. The number of hydrogen-bond donors (Lipinski definition) is 2. The van der Waals surface area contributed by atoms with E-state index in [9.17, 15) is 4.39 Å². The van der Waals surface area contributed by atoms with Gasteiger partial charge in [-0.3, -0.25) is 0 Å². The van der Waals surface area contributed by atoms with Crippen LogP contribution in [0.4, 0.5) is 16.3 Å². The number of halogens is 1. The standard InChI is InChI=1S/C14H18FN5O/c1-14(2,15)11-18-12(16)20-13(19-11)17-9-5-3-4-8-6-7-21-10(8)9/h6-7,9H,3-5H2,1-2H3,(H3,16,17,18,19,20). The van der Waals surface area contributed by atoms with Crippen LogP contribution in [0.15, 0.2) is 16.7 Å². The molecule has 3 rings (SSSR count). The Morgan fingerprint density at radius 1 is 1.38 bits per heavy atom. The van der Waals surface area contributed by atoms with E-state index in [0.717, 1.165) is 25.0 Å². The van der Waals surface area contributed by atoms with E-state index in [4.69, 9.17) is 10.2 Å². The van der Waals surface area contributed by atoms with Gasteiger partial charge in [0, 0.05) is 0 Å². The lowest BCUT2D eigenvalue weighted by molar-refractivity contribution is 0.206. The van der Waals surface area contributed by atoms with Crippen LogP contribution in [0.1, 0.15) is 49.9 Å². The van der Waals surface area contributed by atoms with Crippen molar-refractivity contribution >= 4 is 11.9 Å². The molecule has 0 saturated carbocycles. The second-order valence-corrected chi connectivity index (χ2v) is 5.71. The molecule has 0 spiro atoms. The first-order chi connectivity index (χ1) is 9.93. The summed E-state index contributed by atoms with van der Waals surface area (Å²) >= 11 is 0. The molecule has 0 aromatic carbocycles. The summed E-state index contributed by atoms with van der Waals surface area (Å²) in [7, 11) is 0. The molecule has 2 aromatic rings. The highest BCUT2D eigenvalue weighted by Crippen LogP contribution is 2.33. The topological polar surface area (TPSA) is 89.9 Å². The van der Waals surface area contributed by atoms with Gasteiger partial charge in [-0.05, 0) is 44.7 Å². The van der Waals surface area contributed by atoms with Gasteiger partial charge < -0.3 is 15.5 Å². The molecule has 6 nitrogen and oxygen atoms in total. The van der Waals surface area contributed by atoms with E-state index in [-0.39, 0.29) is 23.8 Å². The molecule has 0 saturated heterocycles. The normalized spacial score (nSPS) is 18.3. The van der Waals surface area contributed by atoms with Crippen molar-refractivity contribution in [3.8, 4) is 0 Å². The van der Waals surface area contributed by atoms with Gasteiger partial charge in [-0.2, -0.15) is 15.0 Å². The van der Waals surface area contributed by atoms with Crippen LogP contribution in [0, 0.1) is 0 Å². The zero-order chi connectivity index (χ0) is 15.0. The summed E-state index contributed by atoms with van der Waals surface area (Å²) in [5.74, 6) is 1.19. The van der Waals surface area contributed by atoms with E-state index in [1.165, 1.54) is 19.4 Å². The lowest BCUT2D eigenvalue weighted by atomic mass is 9.94. The van der Waals surface area contributed by atoms with Gasteiger partial charge in [-0.1, -0.05) is 0 Å². The largest absolute Gasteiger partial charge is 0.467 e. The van der Waals surface area contributed by atoms with Gasteiger partial charge in [-0.15, -0.1) is 0 Å². The van der Waals surface area contributed by atoms with Gasteiger partial charge in [-0.25, -0.2) is 4.39 Å². The maximum Gasteiger partial charge on any atom is 0.228 e. The van der Waals surface area contributed by atoms with Crippen LogP contribution in [0.25, 0.3) is 0 Å². The number of anilines is 2. The van der Waals surface area contributed by atoms with E-state index < -0.39 is 5.67 Å². The highest BCUT2D eigenvalue weighted by molar-refractivity contribution is 5.37. The summed E-state index contributed by atoms with van der Waals surface area (Å²) in [6.07, 6.45) is 4.64. The summed E-state index contributed by atoms with van der Waals surface area (Å²) in [6.45, 7) is 2.77. The van der Waals surface area contributed by atoms with Crippen molar-refractivity contribution in [3.05, 3.63) is 29.5 Å². The summed E-state index contributed by atoms with van der Waals surface area (Å²) in [5.41, 5.74) is 5.16. The minimum Gasteiger partial charge on any atom is -0.467 e. The molecule has 2 heterocycles. The molecule has 3 N–H and O–H groups in total. The number of fused-ring (bicyclic) bond motifs is 1. The van der Waals surface area contributed by atoms with Crippen molar-refractivity contribution in [2.24, 2.45) is 0 Å². The van der Waals surface area contributed by atoms with Crippen molar-refractivity contribution in [2.45, 2.75) is 44.8 Å². The zero-order valence-corrected chi connectivity index (χ0v) is 12.1. The summed E-state index contributed by atoms with van der Waals surface area (Å²) in [4.78, 5) is 12.0. The number of furan rings is 1. The maximum absolute atomic E-state index is 14.0. The van der Waals surface area contributed by atoms with E-state index in [1.807, 2.05) is 6.07 Å². The van der Waals surface area contributed by atoms with Gasteiger partial charge in [0.2, 0.25) is 11.9 Å². The third kappa shape index (κ3) is 2.81. The number of rotatable bonds is 3. The van der Waals surface area contributed by atoms with Crippen molar-refractivity contribution in [3.63, 3.8) is 0 Å². The van der Waals surface area contributed by atoms with Crippen molar-refractivity contribution < 1.29 is 8.81 Å². The van der Waals surface area contributed by atoms with Gasteiger partial charge in [0.15, 0.2) is 11.5 Å². The van der Waals surface area contributed by atoms with Crippen LogP contribution >= 0.6 is 0 Å². The van der Waals surface area contributed by atoms with Gasteiger partial charge >= 0.3 is 0 Å². The Labute approximate surface area is 122 Å². The molecule has 112 valence electrons. The maximum atomic E-state index is 14.0. The molecule has 0 amide bonds. The first-order valence-electron chi connectivity index (χ1n) is 6.97. The highest BCUT2D eigenvalue weighted by atomic mass is 19.1. The first-order valence-corrected chi connectivity index (χ1v) is 6.97. The molecule has 1 unspecified atom stereocenters. The Bertz CT molecular complexity index is 649. The van der Waals surface area contributed by atoms with Gasteiger partial charge in [0.1, 0.15) is 5.76 Å². The number of nitrogen functional groups attached to an aromatic ring is 1. The molecule has 7 heteroatoms. The fraction of sp³-hybridized carbons (Fsp3) is 0.500. The molecule has 1 aliphatic rings. The molecule has 0 radical (unpaired) electrons. The predicted octanol–water partition coefficient (Wildman–Crippen LogP) is 2.74. The molecular weight excluding hydrogens is 273 g/mol. The van der Waals surface area contributed by atoms with Crippen LogP contribution in [0.5, 0.6) is 0 Å². The molecular formula is C14H18FN5O. The number of aromatic nitrogens is 3. The lowest BCUT2D eigenvalue weighted by Gasteiger charge is -2.22. The Morgan fingerprint density at radius 3 is 2.95 bits per heavy atom. The average Bonchev–Trinajstić information content (AvgIpc) is 2.86. The van der Waals surface area contributed by atoms with E-state index in [1.54, 1.807) is 6.26 Å². The fourth-order valence-corrected chi connectivity index (χ4v) is 2.50. The quantitative estimate of drug-likeness (QED) is 0.903. The molecule has 0 aliphatic heterocycles. The van der Waals surface area contributed by atoms with Crippen molar-refractivity contribution in [2.75, 3.05) is 11.1 Å². The third-order valence-electron chi connectivity index (χ3n) is 3.52. The minimum atomic E-state index is -1.67. The van der Waals surface area contributed by atoms with E-state index in [0.29, 0.717) is 0 Å². The SMILES string of the molecule is CC(C)(F)c1nc(N)nc(NC2CCCc3ccoc32)n1. The highest BCUT2D eigenvalue weighted by Gasteiger charge is 2.27. The Morgan fingerprint density at radius 2 is 2.19 bits per heavy atom. The number of alkyl halides is 1. The zero-order valence-electron chi connectivity index (χ0n) is 12.1. The van der Waals surface area contributed by atoms with Crippen LogP contribution in [-0.4, -0.2) is 15.0 Å². The summed E-state index contributed by atoms with van der Waals surface area (Å²) in [5, 5.41) is 3.17. The molecule has 21 heavy (non-hydrogen) atoms. The molecule has 2 aromatic heterocycles. The second kappa shape index (κ2) is 4.98. The molecule has 1 aliphatic carbocycles. The van der Waals surface area contributed by atoms with Crippen molar-refractivity contribution in [1.29, 1.82) is 0 Å². The monoisotopic (exact) mass is 291 g/mol. The number of nitrogens with zero attached hydrogens (tertiary/aromatic N) is 3. The average molecular weight is 291 g/mol. The van der Waals surface area contributed by atoms with Crippen molar-refractivity contribution in [1.82, 2.24) is 15.0 Å². The second-order valence-electron chi connectivity index (χ2n) is 5.71. The summed E-state index contributed by atoms with van der Waals surface area (Å²) < 4.78 is 19.5. The Balaban J connectivity index is 1.88. The van der Waals surface area contributed by atoms with Crippen LogP contribution in [-0.2, 0) is 12.1 Å². The number of aryl methyl sites for hydroxylation is 1. The predicted molar refractivity (Wildman–Crippen MR) is 76.4 cm³/mol. The fourth-order valence-electron chi connectivity index (χ4n) is 2.50. The molecule has 1 atom stereocenters. The number of hydrogen-bond acceptors (Lipinski definition) is 6. The number of nitrogens with two attached hydrogens (primary N) is 1. The lowest BCUT2D eigenvalue weighted by Crippen LogP contribution is -2.21. The van der Waals surface area contributed by atoms with Gasteiger partial charge in [0.05, 0.1) is 12.3 Å². The third-order valence-corrected chi connectivity index (χ3v) is 3.52. The van der Waals surface area contributed by atoms with Crippen LogP contribution in [0.3, 0.4) is 0 Å². The summed E-state index contributed by atoms with van der Waals surface area (Å²) in [6, 6.07) is 1.95. The Hall–Kier alpha value is -2.18. The molecule has 0 bridgehead atoms. The Kier molecular flexibility index (Phi) is 3.27. The van der Waals surface area contributed by atoms with E-state index in [2.05, 4.69) is 20.3 Å². The van der Waals surface area contributed by atoms with Crippen LogP contribution in [0.2, 0.25) is 0 Å². The van der Waals surface area contributed by atoms with E-state index >= 15 is 0 Å². The van der Waals surface area contributed by atoms with Gasteiger partial charge in [0.25, 0.3) is 0 Å². The van der Waals surface area contributed by atoms with Crippen LogP contribution < -0.4 is 11.1 Å². The first kappa shape index (κ1) is 13.8.